The number of rotatable bonds is 1. The molecule has 2 heterocycles. The van der Waals surface area contributed by atoms with E-state index in [0.29, 0.717) is 29.2 Å². The second-order valence-corrected chi connectivity index (χ2v) is 8.90. The van der Waals surface area contributed by atoms with Crippen LogP contribution in [0.25, 0.3) is 0 Å². The summed E-state index contributed by atoms with van der Waals surface area (Å²) in [5.74, 6) is 1.57. The molecule has 5 nitrogen and oxygen atoms in total. The van der Waals surface area contributed by atoms with Crippen molar-refractivity contribution in [1.29, 1.82) is 0 Å². The molecule has 4 fully saturated rings. The molecule has 144 valence electrons. The molecule has 0 radical (unpaired) electrons. The van der Waals surface area contributed by atoms with Crippen LogP contribution in [0.2, 0.25) is 0 Å². The number of nitrogens with one attached hydrogen (secondary N) is 1. The van der Waals surface area contributed by atoms with Crippen molar-refractivity contribution in [3.05, 3.63) is 29.8 Å². The van der Waals surface area contributed by atoms with Crippen molar-refractivity contribution in [3.63, 3.8) is 0 Å². The minimum atomic E-state index is -0.626. The van der Waals surface area contributed by atoms with Gasteiger partial charge in [-0.1, -0.05) is 12.1 Å². The number of carbonyl (C=O) groups is 2. The summed E-state index contributed by atoms with van der Waals surface area (Å²) in [5.41, 5.74) is -0.0158. The fraction of sp³-hybridized carbons (Fsp3) is 0.636. The third-order valence-electron chi connectivity index (χ3n) is 7.37. The van der Waals surface area contributed by atoms with Crippen molar-refractivity contribution >= 4 is 11.8 Å². The van der Waals surface area contributed by atoms with Crippen LogP contribution in [0.4, 0.5) is 0 Å². The molecule has 2 amide bonds. The van der Waals surface area contributed by atoms with Crippen LogP contribution >= 0.6 is 0 Å². The number of fused-ring (bicyclic) bond motifs is 3. The van der Waals surface area contributed by atoms with Crippen LogP contribution < -0.4 is 10.1 Å². The van der Waals surface area contributed by atoms with Gasteiger partial charge in [-0.3, -0.25) is 9.59 Å². The third kappa shape index (κ3) is 2.66. The molecule has 3 saturated carbocycles. The van der Waals surface area contributed by atoms with Gasteiger partial charge in [-0.15, -0.1) is 0 Å². The number of likely N-dealkylation sites (tertiary alicyclic amines) is 1. The first-order valence-electron chi connectivity index (χ1n) is 10.5. The first kappa shape index (κ1) is 17.1. The lowest BCUT2D eigenvalue weighted by Crippen LogP contribution is -2.67. The lowest BCUT2D eigenvalue weighted by atomic mass is 9.59. The average Bonchev–Trinajstić information content (AvgIpc) is 2.68. The van der Waals surface area contributed by atoms with Crippen LogP contribution in [-0.4, -0.2) is 35.0 Å². The number of amides is 2. The molecule has 1 N–H and O–H groups in total. The molecule has 27 heavy (non-hydrogen) atoms. The number of ether oxygens (including phenoxy) is 1. The van der Waals surface area contributed by atoms with E-state index in [2.05, 4.69) is 17.1 Å². The summed E-state index contributed by atoms with van der Waals surface area (Å²) in [7, 11) is 0. The fourth-order valence-electron chi connectivity index (χ4n) is 5.90. The van der Waals surface area contributed by atoms with E-state index in [1.165, 1.54) is 6.42 Å². The summed E-state index contributed by atoms with van der Waals surface area (Å²) in [6.45, 7) is 3.08. The first-order chi connectivity index (χ1) is 13.1. The highest BCUT2D eigenvalue weighted by Gasteiger charge is 2.57. The van der Waals surface area contributed by atoms with Crippen LogP contribution in [0, 0.1) is 17.8 Å². The third-order valence-corrected chi connectivity index (χ3v) is 7.37. The SMILES string of the molecule is C[C@@H]1CCCCN1C(=O)[C@H]1C[C@@H]2CC[C@@H]1C[C@@]21NC(=O)c2ccccc2O1. The normalized spacial score (nSPS) is 37.5. The Balaban J connectivity index is 1.38. The van der Waals surface area contributed by atoms with Gasteiger partial charge in [-0.2, -0.15) is 0 Å². The maximum absolute atomic E-state index is 13.3. The van der Waals surface area contributed by atoms with Crippen LogP contribution in [-0.2, 0) is 4.79 Å². The molecule has 1 saturated heterocycles. The molecular formula is C22H28N2O3. The van der Waals surface area contributed by atoms with Gasteiger partial charge in [-0.05, 0) is 63.5 Å². The molecule has 5 aliphatic rings. The van der Waals surface area contributed by atoms with Crippen molar-refractivity contribution in [3.8, 4) is 5.75 Å². The van der Waals surface area contributed by atoms with E-state index in [1.54, 1.807) is 0 Å². The number of carbonyl (C=O) groups excluding carboxylic acids is 2. The van der Waals surface area contributed by atoms with E-state index in [1.807, 2.05) is 24.3 Å². The minimum Gasteiger partial charge on any atom is -0.467 e. The largest absolute Gasteiger partial charge is 0.467 e. The van der Waals surface area contributed by atoms with Crippen LogP contribution in [0.5, 0.6) is 5.75 Å². The van der Waals surface area contributed by atoms with Gasteiger partial charge < -0.3 is 15.0 Å². The summed E-state index contributed by atoms with van der Waals surface area (Å²) in [4.78, 5) is 28.1. The van der Waals surface area contributed by atoms with E-state index in [-0.39, 0.29) is 17.7 Å². The first-order valence-corrected chi connectivity index (χ1v) is 10.5. The van der Waals surface area contributed by atoms with Crippen molar-refractivity contribution in [2.75, 3.05) is 6.54 Å². The molecule has 0 aromatic heterocycles. The molecule has 1 spiro atoms. The summed E-state index contributed by atoms with van der Waals surface area (Å²) < 4.78 is 6.40. The van der Waals surface area contributed by atoms with E-state index >= 15 is 0 Å². The highest BCUT2D eigenvalue weighted by molar-refractivity contribution is 5.98. The number of piperidine rings is 1. The summed E-state index contributed by atoms with van der Waals surface area (Å²) in [6, 6.07) is 7.83. The smallest absolute Gasteiger partial charge is 0.258 e. The van der Waals surface area contributed by atoms with Crippen molar-refractivity contribution < 1.29 is 14.3 Å². The van der Waals surface area contributed by atoms with Crippen LogP contribution in [0.1, 0.15) is 62.2 Å². The Labute approximate surface area is 160 Å². The Hall–Kier alpha value is -2.04. The Morgan fingerprint density at radius 2 is 2.07 bits per heavy atom. The Morgan fingerprint density at radius 1 is 1.22 bits per heavy atom. The number of hydrogen-bond acceptors (Lipinski definition) is 3. The fourth-order valence-corrected chi connectivity index (χ4v) is 5.90. The quantitative estimate of drug-likeness (QED) is 0.827. The number of para-hydroxylation sites is 1. The number of hydrogen-bond donors (Lipinski definition) is 1. The van der Waals surface area contributed by atoms with Crippen LogP contribution in [0.15, 0.2) is 24.3 Å². The highest BCUT2D eigenvalue weighted by Crippen LogP contribution is 2.53. The molecule has 1 aromatic rings. The molecule has 5 heteroatoms. The zero-order chi connectivity index (χ0) is 18.6. The summed E-state index contributed by atoms with van der Waals surface area (Å²) >= 11 is 0. The number of nitrogens with zero attached hydrogens (tertiary/aromatic N) is 1. The average molecular weight is 368 g/mol. The standard InChI is InChI=1S/C22H28N2O3/c1-14-6-4-5-11-24(14)21(26)18-12-16-10-9-15(18)13-22(16)23-20(25)17-7-2-3-8-19(17)27-22/h2-3,7-8,14-16,18H,4-6,9-13H2,1H3,(H,23,25)/t14-,15-,16+,18+,22+/m1/s1. The molecule has 5 atom stereocenters. The molecule has 2 bridgehead atoms. The molecule has 1 aromatic carbocycles. The van der Waals surface area contributed by atoms with Gasteiger partial charge in [0.05, 0.1) is 5.56 Å². The second-order valence-electron chi connectivity index (χ2n) is 8.90. The molecule has 6 rings (SSSR count). The molecule has 2 aliphatic heterocycles. The van der Waals surface area contributed by atoms with E-state index < -0.39 is 5.72 Å². The second kappa shape index (κ2) is 6.25. The maximum atomic E-state index is 13.3. The van der Waals surface area contributed by atoms with Gasteiger partial charge in [0.15, 0.2) is 5.72 Å². The predicted octanol–water partition coefficient (Wildman–Crippen LogP) is 3.34. The van der Waals surface area contributed by atoms with Gasteiger partial charge in [-0.25, -0.2) is 0 Å². The van der Waals surface area contributed by atoms with Crippen LogP contribution in [0.3, 0.4) is 0 Å². The molecule has 0 unspecified atom stereocenters. The minimum absolute atomic E-state index is 0.0445. The Kier molecular flexibility index (Phi) is 3.95. The van der Waals surface area contributed by atoms with E-state index in [0.717, 1.165) is 45.1 Å². The van der Waals surface area contributed by atoms with Gasteiger partial charge >= 0.3 is 0 Å². The Bertz CT molecular complexity index is 779. The predicted molar refractivity (Wildman–Crippen MR) is 101 cm³/mol. The van der Waals surface area contributed by atoms with Crippen molar-refractivity contribution in [1.82, 2.24) is 10.2 Å². The highest BCUT2D eigenvalue weighted by atomic mass is 16.5. The monoisotopic (exact) mass is 368 g/mol. The molecular weight excluding hydrogens is 340 g/mol. The van der Waals surface area contributed by atoms with Gasteiger partial charge in [0, 0.05) is 30.8 Å². The number of benzene rings is 1. The van der Waals surface area contributed by atoms with E-state index in [9.17, 15) is 9.59 Å². The zero-order valence-corrected chi connectivity index (χ0v) is 15.9. The van der Waals surface area contributed by atoms with Crippen molar-refractivity contribution in [2.45, 2.75) is 63.6 Å². The maximum Gasteiger partial charge on any atom is 0.258 e. The lowest BCUT2D eigenvalue weighted by molar-refractivity contribution is -0.158. The molecule has 3 aliphatic carbocycles. The lowest BCUT2D eigenvalue weighted by Gasteiger charge is -2.55. The van der Waals surface area contributed by atoms with E-state index in [4.69, 9.17) is 4.74 Å². The van der Waals surface area contributed by atoms with Crippen molar-refractivity contribution in [2.24, 2.45) is 17.8 Å². The van der Waals surface area contributed by atoms with Gasteiger partial charge in [0.1, 0.15) is 5.75 Å². The summed E-state index contributed by atoms with van der Waals surface area (Å²) in [5, 5.41) is 3.18. The van der Waals surface area contributed by atoms with Gasteiger partial charge in [0.25, 0.3) is 5.91 Å². The Morgan fingerprint density at radius 3 is 2.85 bits per heavy atom. The summed E-state index contributed by atoms with van der Waals surface area (Å²) in [6.07, 6.45) is 7.12. The zero-order valence-electron chi connectivity index (χ0n) is 15.9. The topological polar surface area (TPSA) is 58.6 Å². The van der Waals surface area contributed by atoms with Gasteiger partial charge in [0.2, 0.25) is 5.91 Å².